The van der Waals surface area contributed by atoms with E-state index in [-0.39, 0.29) is 36.2 Å². The van der Waals surface area contributed by atoms with Crippen LogP contribution in [0.25, 0.3) is 0 Å². The minimum absolute atomic E-state index is 0.00979. The van der Waals surface area contributed by atoms with E-state index in [9.17, 15) is 9.59 Å². The van der Waals surface area contributed by atoms with Gasteiger partial charge in [0.15, 0.2) is 5.82 Å². The Morgan fingerprint density at radius 1 is 1.25 bits per heavy atom. The molecule has 3 heterocycles. The van der Waals surface area contributed by atoms with Gasteiger partial charge in [0.25, 0.3) is 0 Å². The molecule has 2 amide bonds. The number of carbonyl (C=O) groups excluding carboxylic acids is 2. The van der Waals surface area contributed by atoms with Crippen LogP contribution < -0.4 is 10.1 Å². The van der Waals surface area contributed by atoms with Gasteiger partial charge in [-0.1, -0.05) is 12.1 Å². The molecule has 4 rings (SSSR count). The minimum atomic E-state index is -0.268. The van der Waals surface area contributed by atoms with E-state index in [4.69, 9.17) is 9.47 Å². The molecule has 2 aliphatic rings. The van der Waals surface area contributed by atoms with Gasteiger partial charge >= 0.3 is 0 Å². The zero-order valence-electron chi connectivity index (χ0n) is 18.7. The predicted octanol–water partition coefficient (Wildman–Crippen LogP) is 1.94. The lowest BCUT2D eigenvalue weighted by molar-refractivity contribution is -0.132. The number of nitrogens with one attached hydrogen (secondary N) is 2. The number of nitrogens with zero attached hydrogens (tertiary/aromatic N) is 3. The summed E-state index contributed by atoms with van der Waals surface area (Å²) in [5, 5.41) is 10.3. The SMILES string of the molecule is CCOc1ccc(CC(=O)N2CC(NC(=O)C3CCOCC3)CC2c2n[nH]c(C)n2)cc1. The molecule has 1 aromatic carbocycles. The quantitative estimate of drug-likeness (QED) is 0.680. The lowest BCUT2D eigenvalue weighted by atomic mass is 9.99. The van der Waals surface area contributed by atoms with Crippen LogP contribution in [0.4, 0.5) is 0 Å². The highest BCUT2D eigenvalue weighted by Gasteiger charge is 2.39. The highest BCUT2D eigenvalue weighted by atomic mass is 16.5. The summed E-state index contributed by atoms with van der Waals surface area (Å²) < 4.78 is 10.8. The molecule has 2 unspecified atom stereocenters. The first kappa shape index (κ1) is 22.3. The highest BCUT2D eigenvalue weighted by Crippen LogP contribution is 2.31. The fourth-order valence-electron chi connectivity index (χ4n) is 4.40. The number of H-pyrrole nitrogens is 1. The number of amides is 2. The van der Waals surface area contributed by atoms with Crippen LogP contribution in [-0.2, 0) is 20.7 Å². The van der Waals surface area contributed by atoms with Crippen molar-refractivity contribution in [3.05, 3.63) is 41.5 Å². The Morgan fingerprint density at radius 3 is 2.66 bits per heavy atom. The van der Waals surface area contributed by atoms with Gasteiger partial charge in [0, 0.05) is 31.7 Å². The number of rotatable bonds is 7. The first-order valence-electron chi connectivity index (χ1n) is 11.3. The Labute approximate surface area is 187 Å². The van der Waals surface area contributed by atoms with Crippen molar-refractivity contribution in [1.29, 1.82) is 0 Å². The van der Waals surface area contributed by atoms with Crippen molar-refractivity contribution >= 4 is 11.8 Å². The van der Waals surface area contributed by atoms with Crippen molar-refractivity contribution in [2.75, 3.05) is 26.4 Å². The van der Waals surface area contributed by atoms with Crippen LogP contribution in [0.5, 0.6) is 5.75 Å². The third kappa shape index (κ3) is 5.27. The van der Waals surface area contributed by atoms with Crippen molar-refractivity contribution in [1.82, 2.24) is 25.4 Å². The lowest BCUT2D eigenvalue weighted by Crippen LogP contribution is -2.42. The molecule has 32 heavy (non-hydrogen) atoms. The molecule has 2 fully saturated rings. The van der Waals surface area contributed by atoms with Crippen molar-refractivity contribution in [3.8, 4) is 5.75 Å². The van der Waals surface area contributed by atoms with Gasteiger partial charge in [0.2, 0.25) is 11.8 Å². The number of benzene rings is 1. The molecule has 2 aromatic rings. The van der Waals surface area contributed by atoms with Gasteiger partial charge in [-0.05, 0) is 50.8 Å². The Bertz CT molecular complexity index is 923. The molecule has 1 aromatic heterocycles. The van der Waals surface area contributed by atoms with Gasteiger partial charge in [0.05, 0.1) is 19.1 Å². The van der Waals surface area contributed by atoms with Crippen molar-refractivity contribution in [2.45, 2.75) is 51.6 Å². The van der Waals surface area contributed by atoms with E-state index in [0.717, 1.165) is 24.2 Å². The Kier molecular flexibility index (Phi) is 7.04. The molecule has 0 saturated carbocycles. The van der Waals surface area contributed by atoms with E-state index in [2.05, 4.69) is 20.5 Å². The maximum Gasteiger partial charge on any atom is 0.227 e. The second-order valence-corrected chi connectivity index (χ2v) is 8.42. The molecule has 0 aliphatic carbocycles. The summed E-state index contributed by atoms with van der Waals surface area (Å²) in [6.07, 6.45) is 2.35. The van der Waals surface area contributed by atoms with Crippen LogP contribution in [0.3, 0.4) is 0 Å². The maximum atomic E-state index is 13.2. The van der Waals surface area contributed by atoms with Gasteiger partial charge < -0.3 is 19.7 Å². The summed E-state index contributed by atoms with van der Waals surface area (Å²) in [4.78, 5) is 32.2. The monoisotopic (exact) mass is 441 g/mol. The second kappa shape index (κ2) is 10.1. The third-order valence-corrected chi connectivity index (χ3v) is 6.06. The van der Waals surface area contributed by atoms with Crippen LogP contribution in [-0.4, -0.2) is 64.3 Å². The number of hydrogen-bond acceptors (Lipinski definition) is 6. The van der Waals surface area contributed by atoms with Gasteiger partial charge in [-0.15, -0.1) is 0 Å². The third-order valence-electron chi connectivity index (χ3n) is 6.06. The van der Waals surface area contributed by atoms with Gasteiger partial charge in [-0.2, -0.15) is 5.10 Å². The molecule has 172 valence electrons. The summed E-state index contributed by atoms with van der Waals surface area (Å²) >= 11 is 0. The highest BCUT2D eigenvalue weighted by molar-refractivity contribution is 5.81. The molecular weight excluding hydrogens is 410 g/mol. The molecule has 2 N–H and O–H groups in total. The number of aromatic amines is 1. The first-order valence-corrected chi connectivity index (χ1v) is 11.3. The minimum Gasteiger partial charge on any atom is -0.494 e. The molecule has 9 heteroatoms. The van der Waals surface area contributed by atoms with Crippen molar-refractivity contribution < 1.29 is 19.1 Å². The first-order chi connectivity index (χ1) is 15.5. The molecule has 0 spiro atoms. The van der Waals surface area contributed by atoms with Crippen LogP contribution in [0.2, 0.25) is 0 Å². The van der Waals surface area contributed by atoms with Crippen LogP contribution in [0.1, 0.15) is 49.4 Å². The summed E-state index contributed by atoms with van der Waals surface area (Å²) in [6.45, 7) is 6.06. The van der Waals surface area contributed by atoms with E-state index >= 15 is 0 Å². The summed E-state index contributed by atoms with van der Waals surface area (Å²) in [5.41, 5.74) is 0.915. The molecular formula is C23H31N5O4. The van der Waals surface area contributed by atoms with E-state index in [0.29, 0.717) is 44.4 Å². The molecule has 2 aliphatic heterocycles. The molecule has 9 nitrogen and oxygen atoms in total. The predicted molar refractivity (Wildman–Crippen MR) is 117 cm³/mol. The Hall–Kier alpha value is -2.94. The topological polar surface area (TPSA) is 109 Å². The fourth-order valence-corrected chi connectivity index (χ4v) is 4.40. The number of likely N-dealkylation sites (tertiary alicyclic amines) is 1. The fraction of sp³-hybridized carbons (Fsp3) is 0.565. The number of aryl methyl sites for hydroxylation is 1. The normalized spacial score (nSPS) is 21.5. The van der Waals surface area contributed by atoms with Crippen LogP contribution in [0.15, 0.2) is 24.3 Å². The maximum absolute atomic E-state index is 13.2. The number of carbonyl (C=O) groups is 2. The molecule has 2 saturated heterocycles. The standard InChI is InChI=1S/C23H31N5O4/c1-3-32-19-6-4-16(5-7-19)12-21(29)28-14-18(13-20(28)22-24-15(2)26-27-22)25-23(30)17-8-10-31-11-9-17/h4-7,17-18,20H,3,8-14H2,1-2H3,(H,25,30)(H,24,26,27). The van der Waals surface area contributed by atoms with Crippen molar-refractivity contribution in [3.63, 3.8) is 0 Å². The average Bonchev–Trinajstić information content (AvgIpc) is 3.42. The van der Waals surface area contributed by atoms with Gasteiger partial charge in [0.1, 0.15) is 11.6 Å². The van der Waals surface area contributed by atoms with E-state index < -0.39 is 0 Å². The van der Waals surface area contributed by atoms with Crippen LogP contribution >= 0.6 is 0 Å². The van der Waals surface area contributed by atoms with Gasteiger partial charge in [-0.3, -0.25) is 14.7 Å². The molecule has 0 radical (unpaired) electrons. The summed E-state index contributed by atoms with van der Waals surface area (Å²) in [6, 6.07) is 7.19. The number of aromatic nitrogens is 3. The zero-order valence-corrected chi connectivity index (χ0v) is 18.7. The zero-order chi connectivity index (χ0) is 22.5. The van der Waals surface area contributed by atoms with E-state index in [1.165, 1.54) is 0 Å². The van der Waals surface area contributed by atoms with Gasteiger partial charge in [-0.25, -0.2) is 4.98 Å². The van der Waals surface area contributed by atoms with E-state index in [1.54, 1.807) is 4.90 Å². The smallest absolute Gasteiger partial charge is 0.227 e. The number of ether oxygens (including phenoxy) is 2. The average molecular weight is 442 g/mol. The molecule has 0 bridgehead atoms. The number of hydrogen-bond donors (Lipinski definition) is 2. The second-order valence-electron chi connectivity index (χ2n) is 8.42. The summed E-state index contributed by atoms with van der Waals surface area (Å²) in [5.74, 6) is 2.09. The largest absolute Gasteiger partial charge is 0.494 e. The van der Waals surface area contributed by atoms with Crippen LogP contribution in [0, 0.1) is 12.8 Å². The summed E-state index contributed by atoms with van der Waals surface area (Å²) in [7, 11) is 0. The lowest BCUT2D eigenvalue weighted by Gasteiger charge is -2.24. The molecule has 2 atom stereocenters. The van der Waals surface area contributed by atoms with E-state index in [1.807, 2.05) is 38.1 Å². The Morgan fingerprint density at radius 2 is 2.00 bits per heavy atom. The Balaban J connectivity index is 1.44. The van der Waals surface area contributed by atoms with Crippen molar-refractivity contribution in [2.24, 2.45) is 5.92 Å².